The second-order valence-electron chi connectivity index (χ2n) is 6.33. The summed E-state index contributed by atoms with van der Waals surface area (Å²) < 4.78 is 17.2. The normalized spacial score (nSPS) is 10.9. The van der Waals surface area contributed by atoms with E-state index >= 15 is 0 Å². The minimum absolute atomic E-state index is 0.384. The highest BCUT2D eigenvalue weighted by molar-refractivity contribution is 14.1. The van der Waals surface area contributed by atoms with E-state index < -0.39 is 0 Å². The Labute approximate surface area is 190 Å². The lowest BCUT2D eigenvalue weighted by Gasteiger charge is -2.15. The number of rotatable bonds is 7. The number of benzene rings is 2. The third kappa shape index (κ3) is 5.61. The maximum atomic E-state index is 9.58. The van der Waals surface area contributed by atoms with Gasteiger partial charge in [-0.15, -0.1) is 0 Å². The van der Waals surface area contributed by atoms with Gasteiger partial charge in [0.15, 0.2) is 11.5 Å². The van der Waals surface area contributed by atoms with E-state index in [0.717, 1.165) is 14.7 Å². The summed E-state index contributed by atoms with van der Waals surface area (Å²) >= 11 is 7.75. The summed E-state index contributed by atoms with van der Waals surface area (Å²) in [4.78, 5) is 0.384. The third-order valence-electron chi connectivity index (χ3n) is 4.48. The predicted molar refractivity (Wildman–Crippen MR) is 128 cm³/mol. The van der Waals surface area contributed by atoms with Crippen LogP contribution < -0.4 is 19.5 Å². The van der Waals surface area contributed by atoms with E-state index in [2.05, 4.69) is 53.9 Å². The molecule has 0 atom stereocenters. The van der Waals surface area contributed by atoms with Crippen LogP contribution in [0.1, 0.15) is 22.3 Å². The van der Waals surface area contributed by atoms with Crippen molar-refractivity contribution in [2.45, 2.75) is 20.4 Å². The summed E-state index contributed by atoms with van der Waals surface area (Å²) in [5, 5.41) is 12.7. The van der Waals surface area contributed by atoms with E-state index in [0.29, 0.717) is 34.4 Å². The highest BCUT2D eigenvalue weighted by Crippen LogP contribution is 2.38. The molecule has 0 fully saturated rings. The second-order valence-corrected chi connectivity index (χ2v) is 7.90. The van der Waals surface area contributed by atoms with E-state index in [1.54, 1.807) is 27.4 Å². The van der Waals surface area contributed by atoms with Gasteiger partial charge in [0, 0.05) is 10.1 Å². The number of nitrogens with one attached hydrogen (secondary N) is 1. The highest BCUT2D eigenvalue weighted by atomic mass is 127. The molecule has 7 heteroatoms. The molecule has 0 amide bonds. The topological polar surface area (TPSA) is 63.5 Å². The molecular weight excluding hydrogens is 499 g/mol. The van der Waals surface area contributed by atoms with Gasteiger partial charge in [0.25, 0.3) is 0 Å². The number of hydrogen-bond acceptors (Lipinski definition) is 5. The first kappa shape index (κ1) is 23.0. The van der Waals surface area contributed by atoms with Crippen LogP contribution in [-0.4, -0.2) is 26.3 Å². The Morgan fingerprint density at radius 2 is 1.72 bits per heavy atom. The fourth-order valence-electron chi connectivity index (χ4n) is 2.76. The molecule has 2 aromatic carbocycles. The summed E-state index contributed by atoms with van der Waals surface area (Å²) in [6.07, 6.45) is 1.80. The fraction of sp³-hybridized carbons (Fsp3) is 0.273. The van der Waals surface area contributed by atoms with Crippen LogP contribution in [-0.2, 0) is 6.54 Å². The molecule has 0 aliphatic carbocycles. The van der Waals surface area contributed by atoms with Crippen LogP contribution in [0.3, 0.4) is 0 Å². The summed E-state index contributed by atoms with van der Waals surface area (Å²) in [6, 6.07) is 9.98. The molecule has 0 radical (unpaired) electrons. The van der Waals surface area contributed by atoms with Crippen molar-refractivity contribution in [3.8, 4) is 23.3 Å². The Bertz CT molecular complexity index is 948. The number of halogens is 1. The lowest BCUT2D eigenvalue weighted by atomic mass is 10.0. The van der Waals surface area contributed by atoms with Crippen molar-refractivity contribution in [3.05, 3.63) is 55.7 Å². The third-order valence-corrected chi connectivity index (χ3v) is 5.96. The molecule has 0 unspecified atom stereocenters. The van der Waals surface area contributed by atoms with Gasteiger partial charge in [-0.2, -0.15) is 5.26 Å². The number of ether oxygens (including phenoxy) is 3. The van der Waals surface area contributed by atoms with Crippen LogP contribution in [0.25, 0.3) is 6.08 Å². The van der Waals surface area contributed by atoms with Crippen molar-refractivity contribution < 1.29 is 14.2 Å². The molecular formula is C22H23IN2O3S. The van der Waals surface area contributed by atoms with E-state index in [4.69, 9.17) is 26.4 Å². The van der Waals surface area contributed by atoms with Crippen LogP contribution in [0, 0.1) is 28.7 Å². The molecule has 2 aromatic rings. The Kier molecular flexibility index (Phi) is 8.29. The summed E-state index contributed by atoms with van der Waals surface area (Å²) in [5.41, 5.74) is 4.67. The molecule has 2 rings (SSSR count). The number of nitrogens with zero attached hydrogens (tertiary/aromatic N) is 1. The molecule has 29 heavy (non-hydrogen) atoms. The Hall–Kier alpha value is -2.31. The van der Waals surface area contributed by atoms with Gasteiger partial charge >= 0.3 is 0 Å². The molecule has 5 nitrogen and oxygen atoms in total. The van der Waals surface area contributed by atoms with Crippen LogP contribution in [0.15, 0.2) is 29.8 Å². The van der Waals surface area contributed by atoms with Crippen molar-refractivity contribution in [3.63, 3.8) is 0 Å². The van der Waals surface area contributed by atoms with Gasteiger partial charge in [-0.1, -0.05) is 18.3 Å². The number of methoxy groups -OCH3 is 3. The minimum Gasteiger partial charge on any atom is -0.493 e. The van der Waals surface area contributed by atoms with Crippen LogP contribution in [0.5, 0.6) is 17.2 Å². The van der Waals surface area contributed by atoms with Gasteiger partial charge < -0.3 is 19.5 Å². The number of nitriles is 1. The number of thiocarbonyl (C=S) groups is 1. The quantitative estimate of drug-likeness (QED) is 0.240. The zero-order valence-electron chi connectivity index (χ0n) is 17.1. The van der Waals surface area contributed by atoms with Crippen molar-refractivity contribution in [1.82, 2.24) is 5.32 Å². The van der Waals surface area contributed by atoms with Gasteiger partial charge in [0.05, 0.1) is 26.9 Å². The van der Waals surface area contributed by atoms with Crippen molar-refractivity contribution >= 4 is 45.9 Å². The fourth-order valence-corrected chi connectivity index (χ4v) is 3.72. The van der Waals surface area contributed by atoms with Crippen LogP contribution in [0.4, 0.5) is 0 Å². The molecule has 152 valence electrons. The largest absolute Gasteiger partial charge is 0.493 e. The van der Waals surface area contributed by atoms with Gasteiger partial charge in [0.1, 0.15) is 11.1 Å². The first-order chi connectivity index (χ1) is 13.8. The SMILES string of the molecule is COc1cc(CNC(=S)/C(C#N)=C/c2cc(C)c(C)c(I)c2)cc(OC)c1OC. The first-order valence-corrected chi connectivity index (χ1v) is 10.3. The van der Waals surface area contributed by atoms with E-state index in [1.165, 1.54) is 11.1 Å². The molecule has 0 aliphatic heterocycles. The molecule has 0 bridgehead atoms. The molecule has 0 aromatic heterocycles. The van der Waals surface area contributed by atoms with Gasteiger partial charge in [-0.05, 0) is 83.0 Å². The van der Waals surface area contributed by atoms with E-state index in [-0.39, 0.29) is 0 Å². The minimum atomic E-state index is 0.384. The number of aryl methyl sites for hydroxylation is 1. The highest BCUT2D eigenvalue weighted by Gasteiger charge is 2.14. The van der Waals surface area contributed by atoms with Gasteiger partial charge in [-0.3, -0.25) is 0 Å². The molecule has 1 N–H and O–H groups in total. The Balaban J connectivity index is 2.22. The van der Waals surface area contributed by atoms with E-state index in [9.17, 15) is 5.26 Å². The molecule has 0 saturated heterocycles. The molecule has 0 spiro atoms. The van der Waals surface area contributed by atoms with Crippen molar-refractivity contribution in [1.29, 1.82) is 5.26 Å². The average molecular weight is 522 g/mol. The van der Waals surface area contributed by atoms with Crippen LogP contribution in [0.2, 0.25) is 0 Å². The first-order valence-electron chi connectivity index (χ1n) is 8.80. The Morgan fingerprint density at radius 1 is 1.10 bits per heavy atom. The van der Waals surface area contributed by atoms with Gasteiger partial charge in [-0.25, -0.2) is 0 Å². The van der Waals surface area contributed by atoms with Gasteiger partial charge in [0.2, 0.25) is 5.75 Å². The maximum Gasteiger partial charge on any atom is 0.203 e. The van der Waals surface area contributed by atoms with Crippen molar-refractivity contribution in [2.24, 2.45) is 0 Å². The molecule has 0 saturated carbocycles. The lowest BCUT2D eigenvalue weighted by molar-refractivity contribution is 0.323. The monoisotopic (exact) mass is 522 g/mol. The zero-order valence-corrected chi connectivity index (χ0v) is 20.0. The lowest BCUT2D eigenvalue weighted by Crippen LogP contribution is -2.22. The van der Waals surface area contributed by atoms with Crippen molar-refractivity contribution in [2.75, 3.05) is 21.3 Å². The predicted octanol–water partition coefficient (Wildman–Crippen LogP) is 4.96. The second kappa shape index (κ2) is 10.5. The van der Waals surface area contributed by atoms with Crippen LogP contribution >= 0.6 is 34.8 Å². The summed E-state index contributed by atoms with van der Waals surface area (Å²) in [6.45, 7) is 4.56. The zero-order chi connectivity index (χ0) is 21.6. The molecule has 0 heterocycles. The Morgan fingerprint density at radius 3 is 2.21 bits per heavy atom. The summed E-state index contributed by atoms with van der Waals surface area (Å²) in [5.74, 6) is 1.66. The smallest absolute Gasteiger partial charge is 0.203 e. The van der Waals surface area contributed by atoms with E-state index in [1.807, 2.05) is 18.2 Å². The number of hydrogen-bond donors (Lipinski definition) is 1. The maximum absolute atomic E-state index is 9.58. The standard InChI is InChI=1S/C22H23IN2O3S/c1-13-6-15(8-18(23)14(13)2)7-17(11-24)22(29)25-12-16-9-19(26-3)21(28-5)20(10-16)27-4/h6-10H,12H2,1-5H3,(H,25,29)/b17-7+. The average Bonchev–Trinajstić information content (AvgIpc) is 2.72. The molecule has 0 aliphatic rings. The summed E-state index contributed by atoms with van der Waals surface area (Å²) in [7, 11) is 4.70.